The molecule has 0 saturated heterocycles. The van der Waals surface area contributed by atoms with E-state index < -0.39 is 0 Å². The quantitative estimate of drug-likeness (QED) is 0.696. The third-order valence-corrected chi connectivity index (χ3v) is 2.48. The summed E-state index contributed by atoms with van der Waals surface area (Å²) in [6, 6.07) is 2.24. The van der Waals surface area contributed by atoms with E-state index in [1.807, 2.05) is 24.9 Å². The van der Waals surface area contributed by atoms with Crippen LogP contribution in [0.3, 0.4) is 0 Å². The van der Waals surface area contributed by atoms with Gasteiger partial charge in [-0.3, -0.25) is 0 Å². The van der Waals surface area contributed by atoms with Gasteiger partial charge in [0.1, 0.15) is 12.1 Å². The molecule has 0 amide bonds. The maximum atomic E-state index is 5.75. The lowest BCUT2D eigenvalue weighted by molar-refractivity contribution is 0.746. The Bertz CT molecular complexity index is 277. The van der Waals surface area contributed by atoms with Crippen molar-refractivity contribution < 1.29 is 0 Å². The number of halogens is 1. The zero-order valence-electron chi connectivity index (χ0n) is 8.16. The summed E-state index contributed by atoms with van der Waals surface area (Å²) in [7, 11) is 1.98. The largest absolute Gasteiger partial charge is 0.356 e. The van der Waals surface area contributed by atoms with E-state index in [0.29, 0.717) is 5.88 Å². The molecule has 72 valence electrons. The number of hydrogen-bond donors (Lipinski definition) is 0. The van der Waals surface area contributed by atoms with Crippen molar-refractivity contribution in [3.05, 3.63) is 18.1 Å². The van der Waals surface area contributed by atoms with Gasteiger partial charge < -0.3 is 4.90 Å². The number of aryl methyl sites for hydroxylation is 1. The predicted molar refractivity (Wildman–Crippen MR) is 55.4 cm³/mol. The summed E-state index contributed by atoms with van der Waals surface area (Å²) in [5.41, 5.74) is 0.971. The molecule has 0 bridgehead atoms. The first kappa shape index (κ1) is 10.3. The molecule has 0 radical (unpaired) electrons. The fourth-order valence-corrected chi connectivity index (χ4v) is 1.17. The van der Waals surface area contributed by atoms with Crippen LogP contribution in [0.5, 0.6) is 0 Å². The van der Waals surface area contributed by atoms with Crippen LogP contribution in [0.25, 0.3) is 0 Å². The SMILES string of the molecule is Cc1cc(N(C)C(C)CCl)ncn1. The summed E-state index contributed by atoms with van der Waals surface area (Å²) in [6.07, 6.45) is 1.57. The molecule has 1 aromatic rings. The predicted octanol–water partition coefficient (Wildman–Crippen LogP) is 1.85. The molecule has 1 atom stereocenters. The van der Waals surface area contributed by atoms with Crippen molar-refractivity contribution in [3.63, 3.8) is 0 Å². The Morgan fingerprint density at radius 3 is 2.77 bits per heavy atom. The lowest BCUT2D eigenvalue weighted by Crippen LogP contribution is -2.30. The van der Waals surface area contributed by atoms with Gasteiger partial charge in [-0.2, -0.15) is 0 Å². The van der Waals surface area contributed by atoms with Gasteiger partial charge >= 0.3 is 0 Å². The van der Waals surface area contributed by atoms with Crippen molar-refractivity contribution in [2.75, 3.05) is 17.8 Å². The Morgan fingerprint density at radius 1 is 1.54 bits per heavy atom. The van der Waals surface area contributed by atoms with Crippen LogP contribution in [0, 0.1) is 6.92 Å². The second-order valence-corrected chi connectivity index (χ2v) is 3.44. The fourth-order valence-electron chi connectivity index (χ4n) is 0.963. The molecule has 1 aromatic heterocycles. The molecule has 0 aliphatic rings. The highest BCUT2D eigenvalue weighted by Crippen LogP contribution is 2.12. The van der Waals surface area contributed by atoms with Crippen molar-refractivity contribution in [1.29, 1.82) is 0 Å². The van der Waals surface area contributed by atoms with Crippen molar-refractivity contribution in [2.45, 2.75) is 19.9 Å². The third-order valence-electron chi connectivity index (χ3n) is 2.04. The van der Waals surface area contributed by atoms with Gasteiger partial charge in [-0.05, 0) is 13.8 Å². The molecule has 1 rings (SSSR count). The standard InChI is InChI=1S/C9H14ClN3/c1-7-4-9(12-6-11-7)13(3)8(2)5-10/h4,6,8H,5H2,1-3H3. The Kier molecular flexibility index (Phi) is 3.48. The minimum atomic E-state index is 0.288. The van der Waals surface area contributed by atoms with E-state index in [9.17, 15) is 0 Å². The second-order valence-electron chi connectivity index (χ2n) is 3.13. The first-order valence-electron chi connectivity index (χ1n) is 4.22. The molecule has 0 aliphatic heterocycles. The first-order valence-corrected chi connectivity index (χ1v) is 4.76. The molecule has 4 heteroatoms. The van der Waals surface area contributed by atoms with E-state index in [-0.39, 0.29) is 6.04 Å². The first-order chi connectivity index (χ1) is 6.15. The molecule has 0 N–H and O–H groups in total. The van der Waals surface area contributed by atoms with Gasteiger partial charge in [0.25, 0.3) is 0 Å². The molecular formula is C9H14ClN3. The summed E-state index contributed by atoms with van der Waals surface area (Å²) in [4.78, 5) is 10.2. The maximum Gasteiger partial charge on any atom is 0.132 e. The summed E-state index contributed by atoms with van der Waals surface area (Å²) < 4.78 is 0. The molecule has 1 heterocycles. The van der Waals surface area contributed by atoms with Gasteiger partial charge in [-0.25, -0.2) is 9.97 Å². The minimum Gasteiger partial charge on any atom is -0.356 e. The molecule has 3 nitrogen and oxygen atoms in total. The second kappa shape index (κ2) is 4.42. The van der Waals surface area contributed by atoms with Gasteiger partial charge in [-0.1, -0.05) is 0 Å². The normalized spacial score (nSPS) is 12.6. The van der Waals surface area contributed by atoms with Gasteiger partial charge in [0.15, 0.2) is 0 Å². The van der Waals surface area contributed by atoms with Crippen LogP contribution in [0.2, 0.25) is 0 Å². The lowest BCUT2D eigenvalue weighted by atomic mass is 10.3. The van der Waals surface area contributed by atoms with Crippen molar-refractivity contribution in [3.8, 4) is 0 Å². The van der Waals surface area contributed by atoms with Crippen LogP contribution in [0.4, 0.5) is 5.82 Å². The topological polar surface area (TPSA) is 29.0 Å². The molecular weight excluding hydrogens is 186 g/mol. The summed E-state index contributed by atoms with van der Waals surface area (Å²) in [5, 5.41) is 0. The Morgan fingerprint density at radius 2 is 2.23 bits per heavy atom. The van der Waals surface area contributed by atoms with Crippen molar-refractivity contribution >= 4 is 17.4 Å². The molecule has 13 heavy (non-hydrogen) atoms. The van der Waals surface area contributed by atoms with E-state index in [1.54, 1.807) is 6.33 Å². The number of hydrogen-bond acceptors (Lipinski definition) is 3. The Labute approximate surface area is 83.8 Å². The van der Waals surface area contributed by atoms with Gasteiger partial charge in [-0.15, -0.1) is 11.6 Å². The maximum absolute atomic E-state index is 5.75. The zero-order valence-corrected chi connectivity index (χ0v) is 8.91. The van der Waals surface area contributed by atoms with Gasteiger partial charge in [0, 0.05) is 30.7 Å². The number of alkyl halides is 1. The lowest BCUT2D eigenvalue weighted by Gasteiger charge is -2.23. The molecule has 0 fully saturated rings. The van der Waals surface area contributed by atoms with Crippen molar-refractivity contribution in [1.82, 2.24) is 9.97 Å². The molecule has 0 saturated carbocycles. The van der Waals surface area contributed by atoms with Crippen LogP contribution in [-0.4, -0.2) is 28.9 Å². The van der Waals surface area contributed by atoms with Crippen LogP contribution in [0.1, 0.15) is 12.6 Å². The van der Waals surface area contributed by atoms with Crippen LogP contribution < -0.4 is 4.90 Å². The minimum absolute atomic E-state index is 0.288. The molecule has 0 aromatic carbocycles. The fraction of sp³-hybridized carbons (Fsp3) is 0.556. The monoisotopic (exact) mass is 199 g/mol. The summed E-state index contributed by atoms with van der Waals surface area (Å²) in [5.74, 6) is 1.51. The molecule has 1 unspecified atom stereocenters. The highest BCUT2D eigenvalue weighted by atomic mass is 35.5. The number of nitrogens with zero attached hydrogens (tertiary/aromatic N) is 3. The van der Waals surface area contributed by atoms with Crippen LogP contribution in [0.15, 0.2) is 12.4 Å². The third kappa shape index (κ3) is 2.56. The van der Waals surface area contributed by atoms with E-state index in [1.165, 1.54) is 0 Å². The Hall–Kier alpha value is -0.830. The van der Waals surface area contributed by atoms with Crippen LogP contribution >= 0.6 is 11.6 Å². The van der Waals surface area contributed by atoms with E-state index in [0.717, 1.165) is 11.5 Å². The van der Waals surface area contributed by atoms with E-state index in [2.05, 4.69) is 16.9 Å². The van der Waals surface area contributed by atoms with Crippen LogP contribution in [-0.2, 0) is 0 Å². The highest BCUT2D eigenvalue weighted by molar-refractivity contribution is 6.18. The Balaban J connectivity index is 2.82. The zero-order chi connectivity index (χ0) is 9.84. The summed E-state index contributed by atoms with van der Waals surface area (Å²) in [6.45, 7) is 4.01. The van der Waals surface area contributed by atoms with Gasteiger partial charge in [0.05, 0.1) is 0 Å². The van der Waals surface area contributed by atoms with Crippen molar-refractivity contribution in [2.24, 2.45) is 0 Å². The number of rotatable bonds is 3. The number of aromatic nitrogens is 2. The van der Waals surface area contributed by atoms with E-state index >= 15 is 0 Å². The molecule has 0 aliphatic carbocycles. The molecule has 0 spiro atoms. The van der Waals surface area contributed by atoms with E-state index in [4.69, 9.17) is 11.6 Å². The number of anilines is 1. The smallest absolute Gasteiger partial charge is 0.132 e. The highest BCUT2D eigenvalue weighted by Gasteiger charge is 2.09. The summed E-state index contributed by atoms with van der Waals surface area (Å²) >= 11 is 5.75. The van der Waals surface area contributed by atoms with Gasteiger partial charge in [0.2, 0.25) is 0 Å². The average Bonchev–Trinajstić information content (AvgIpc) is 2.15. The average molecular weight is 200 g/mol.